The Bertz CT molecular complexity index is 492. The molecule has 0 radical (unpaired) electrons. The van der Waals surface area contributed by atoms with Crippen molar-refractivity contribution in [2.24, 2.45) is 5.92 Å². The third kappa shape index (κ3) is 6.64. The highest BCUT2D eigenvalue weighted by atomic mass is 16.6. The summed E-state index contributed by atoms with van der Waals surface area (Å²) in [6, 6.07) is -0.601. The van der Waals surface area contributed by atoms with E-state index >= 15 is 0 Å². The van der Waals surface area contributed by atoms with E-state index in [1.54, 1.807) is 41.5 Å². The number of carboxylic acids is 1. The van der Waals surface area contributed by atoms with Crippen LogP contribution in [0, 0.1) is 5.92 Å². The molecule has 0 aliphatic carbocycles. The van der Waals surface area contributed by atoms with E-state index in [0.29, 0.717) is 13.0 Å². The zero-order chi connectivity index (χ0) is 18.7. The third-order valence-corrected chi connectivity index (χ3v) is 3.28. The molecule has 0 aromatic rings. The second-order valence-electron chi connectivity index (χ2n) is 7.91. The lowest BCUT2D eigenvalue weighted by Crippen LogP contribution is -2.55. The molecule has 1 aliphatic rings. The number of carbonyl (C=O) groups is 3. The number of nitrogens with zero attached hydrogens (tertiary/aromatic N) is 1. The van der Waals surface area contributed by atoms with Gasteiger partial charge in [-0.05, 0) is 48.0 Å². The van der Waals surface area contributed by atoms with Crippen LogP contribution >= 0.6 is 0 Å². The second-order valence-corrected chi connectivity index (χ2v) is 7.91. The highest BCUT2D eigenvalue weighted by molar-refractivity contribution is 5.76. The fourth-order valence-electron chi connectivity index (χ4n) is 2.33. The number of hydrogen-bond acceptors (Lipinski definition) is 5. The van der Waals surface area contributed by atoms with Crippen molar-refractivity contribution in [2.45, 2.75) is 65.2 Å². The van der Waals surface area contributed by atoms with Crippen LogP contribution in [0.5, 0.6) is 0 Å². The van der Waals surface area contributed by atoms with Crippen molar-refractivity contribution in [2.75, 3.05) is 13.1 Å². The van der Waals surface area contributed by atoms with Crippen LogP contribution in [-0.2, 0) is 14.3 Å². The number of likely N-dealkylation sites (tertiary alicyclic amines) is 1. The first kappa shape index (κ1) is 20.1. The van der Waals surface area contributed by atoms with Crippen LogP contribution in [-0.4, -0.2) is 58.5 Å². The number of amides is 2. The molecule has 24 heavy (non-hydrogen) atoms. The molecule has 1 aliphatic heterocycles. The molecule has 1 rings (SSSR count). The largest absolute Gasteiger partial charge is 0.481 e. The monoisotopic (exact) mass is 344 g/mol. The Morgan fingerprint density at radius 3 is 2.04 bits per heavy atom. The van der Waals surface area contributed by atoms with E-state index in [4.69, 9.17) is 9.47 Å². The Balaban J connectivity index is 2.71. The molecule has 0 unspecified atom stereocenters. The summed E-state index contributed by atoms with van der Waals surface area (Å²) < 4.78 is 10.4. The number of carboxylic acid groups (broad SMARTS) is 1. The van der Waals surface area contributed by atoms with E-state index in [1.165, 1.54) is 4.90 Å². The van der Waals surface area contributed by atoms with E-state index in [1.807, 2.05) is 0 Å². The highest BCUT2D eigenvalue weighted by Crippen LogP contribution is 2.21. The fourth-order valence-corrected chi connectivity index (χ4v) is 2.33. The minimum Gasteiger partial charge on any atom is -0.481 e. The van der Waals surface area contributed by atoms with Gasteiger partial charge in [-0.1, -0.05) is 0 Å². The van der Waals surface area contributed by atoms with Gasteiger partial charge in [-0.3, -0.25) is 4.79 Å². The normalized spacial score (nSPS) is 21.8. The number of alkyl carbamates (subject to hydrolysis) is 1. The van der Waals surface area contributed by atoms with Gasteiger partial charge >= 0.3 is 18.2 Å². The van der Waals surface area contributed by atoms with Gasteiger partial charge in [0.2, 0.25) is 0 Å². The molecule has 0 spiro atoms. The van der Waals surface area contributed by atoms with Crippen LogP contribution in [0.1, 0.15) is 48.0 Å². The van der Waals surface area contributed by atoms with Crippen molar-refractivity contribution in [3.63, 3.8) is 0 Å². The van der Waals surface area contributed by atoms with Gasteiger partial charge in [0.25, 0.3) is 0 Å². The van der Waals surface area contributed by atoms with Crippen molar-refractivity contribution < 1.29 is 29.0 Å². The molecule has 0 bridgehead atoms. The van der Waals surface area contributed by atoms with E-state index < -0.39 is 41.3 Å². The van der Waals surface area contributed by atoms with Crippen LogP contribution in [0.25, 0.3) is 0 Å². The predicted octanol–water partition coefficient (Wildman–Crippen LogP) is 2.22. The molecule has 2 atom stereocenters. The minimum absolute atomic E-state index is 0.0231. The Kier molecular flexibility index (Phi) is 6.08. The molecule has 8 nitrogen and oxygen atoms in total. The molecule has 0 aromatic heterocycles. The molecule has 138 valence electrons. The maximum atomic E-state index is 12.1. The maximum Gasteiger partial charge on any atom is 0.410 e. The summed E-state index contributed by atoms with van der Waals surface area (Å²) in [6.07, 6.45) is -0.899. The first-order valence-electron chi connectivity index (χ1n) is 7.99. The van der Waals surface area contributed by atoms with Gasteiger partial charge in [0.15, 0.2) is 0 Å². The molecule has 0 saturated carbocycles. The van der Waals surface area contributed by atoms with Crippen molar-refractivity contribution >= 4 is 18.2 Å². The van der Waals surface area contributed by atoms with E-state index in [9.17, 15) is 19.5 Å². The minimum atomic E-state index is -1.08. The van der Waals surface area contributed by atoms with E-state index in [2.05, 4.69) is 5.32 Å². The van der Waals surface area contributed by atoms with Gasteiger partial charge in [-0.2, -0.15) is 0 Å². The fraction of sp³-hybridized carbons (Fsp3) is 0.812. The van der Waals surface area contributed by atoms with Crippen LogP contribution in [0.2, 0.25) is 0 Å². The topological polar surface area (TPSA) is 105 Å². The summed E-state index contributed by atoms with van der Waals surface area (Å²) >= 11 is 0. The van der Waals surface area contributed by atoms with Crippen molar-refractivity contribution in [1.82, 2.24) is 10.2 Å². The molecule has 1 heterocycles. The number of piperidine rings is 1. The number of rotatable bonds is 2. The van der Waals surface area contributed by atoms with Crippen LogP contribution < -0.4 is 5.32 Å². The smallest absolute Gasteiger partial charge is 0.410 e. The number of carbonyl (C=O) groups excluding carboxylic acids is 2. The second kappa shape index (κ2) is 7.27. The van der Waals surface area contributed by atoms with Crippen molar-refractivity contribution in [3.8, 4) is 0 Å². The van der Waals surface area contributed by atoms with Crippen molar-refractivity contribution in [1.29, 1.82) is 0 Å². The van der Waals surface area contributed by atoms with Crippen LogP contribution in [0.3, 0.4) is 0 Å². The molecule has 2 N–H and O–H groups in total. The van der Waals surface area contributed by atoms with Crippen LogP contribution in [0.4, 0.5) is 9.59 Å². The SMILES string of the molecule is CC(C)(C)OC(=O)N[C@H]1CCN(C(=O)OC(C)(C)C)C[C@H]1C(=O)O. The number of ether oxygens (including phenoxy) is 2. The van der Waals surface area contributed by atoms with Gasteiger partial charge in [-0.15, -0.1) is 0 Å². The summed E-state index contributed by atoms with van der Waals surface area (Å²) in [5.41, 5.74) is -1.32. The molecule has 8 heteroatoms. The molecular weight excluding hydrogens is 316 g/mol. The summed E-state index contributed by atoms with van der Waals surface area (Å²) in [7, 11) is 0. The molecule has 1 saturated heterocycles. The number of hydrogen-bond donors (Lipinski definition) is 2. The molecular formula is C16H28N2O6. The zero-order valence-corrected chi connectivity index (χ0v) is 15.2. The van der Waals surface area contributed by atoms with E-state index in [0.717, 1.165) is 0 Å². The Morgan fingerprint density at radius 2 is 1.58 bits per heavy atom. The van der Waals surface area contributed by atoms with Crippen molar-refractivity contribution in [3.05, 3.63) is 0 Å². The van der Waals surface area contributed by atoms with Gasteiger partial charge < -0.3 is 24.8 Å². The lowest BCUT2D eigenvalue weighted by molar-refractivity contribution is -0.144. The highest BCUT2D eigenvalue weighted by Gasteiger charge is 2.38. The average Bonchev–Trinajstić information content (AvgIpc) is 2.34. The zero-order valence-electron chi connectivity index (χ0n) is 15.2. The third-order valence-electron chi connectivity index (χ3n) is 3.28. The summed E-state index contributed by atoms with van der Waals surface area (Å²) in [6.45, 7) is 10.7. The average molecular weight is 344 g/mol. The van der Waals surface area contributed by atoms with Gasteiger partial charge in [0, 0.05) is 19.1 Å². The lowest BCUT2D eigenvalue weighted by atomic mass is 9.92. The van der Waals surface area contributed by atoms with Crippen LogP contribution in [0.15, 0.2) is 0 Å². The number of aliphatic carboxylic acids is 1. The Hall–Kier alpha value is -1.99. The molecule has 0 aromatic carbocycles. The molecule has 2 amide bonds. The first-order valence-corrected chi connectivity index (χ1v) is 7.99. The van der Waals surface area contributed by atoms with Gasteiger partial charge in [-0.25, -0.2) is 9.59 Å². The Labute approximate surface area is 142 Å². The lowest BCUT2D eigenvalue weighted by Gasteiger charge is -2.37. The van der Waals surface area contributed by atoms with E-state index in [-0.39, 0.29) is 6.54 Å². The summed E-state index contributed by atoms with van der Waals surface area (Å²) in [5, 5.41) is 12.0. The summed E-state index contributed by atoms with van der Waals surface area (Å²) in [5.74, 6) is -2.00. The van der Waals surface area contributed by atoms with Gasteiger partial charge in [0.1, 0.15) is 11.2 Å². The number of nitrogens with one attached hydrogen (secondary N) is 1. The standard InChI is InChI=1S/C16H28N2O6/c1-15(2,3)23-13(21)17-11-7-8-18(9-10(11)12(19)20)14(22)24-16(4,5)6/h10-11H,7-9H2,1-6H3,(H,17,21)(H,19,20)/t10-,11+/m1/s1. The first-order chi connectivity index (χ1) is 10.8. The maximum absolute atomic E-state index is 12.1. The quantitative estimate of drug-likeness (QED) is 0.796. The van der Waals surface area contributed by atoms with Gasteiger partial charge in [0.05, 0.1) is 5.92 Å². The molecule has 1 fully saturated rings. The summed E-state index contributed by atoms with van der Waals surface area (Å²) in [4.78, 5) is 36.8. The Morgan fingerprint density at radius 1 is 1.04 bits per heavy atom. The predicted molar refractivity (Wildman–Crippen MR) is 86.7 cm³/mol.